The topological polar surface area (TPSA) is 228 Å². The lowest BCUT2D eigenvalue weighted by Crippen LogP contribution is -2.65. The van der Waals surface area contributed by atoms with Crippen molar-refractivity contribution in [3.05, 3.63) is 36.5 Å². The molecule has 9 N–H and O–H groups in total. The minimum absolute atomic E-state index is 0.210. The van der Waals surface area contributed by atoms with E-state index in [9.17, 15) is 45.6 Å². The van der Waals surface area contributed by atoms with Crippen LogP contribution in [0.1, 0.15) is 303 Å². The quantitative estimate of drug-likeness (QED) is 0.0204. The molecule has 2 aliphatic heterocycles. The van der Waals surface area contributed by atoms with Crippen molar-refractivity contribution >= 4 is 5.91 Å². The number of aliphatic hydroxyl groups excluding tert-OH is 8. The van der Waals surface area contributed by atoms with Gasteiger partial charge in [-0.05, 0) is 51.4 Å². The standard InChI is InChI=1S/C69H129NO13/c1-3-5-7-9-11-13-15-17-19-21-23-25-27-28-29-31-32-34-36-38-40-42-44-46-48-50-52-58(73)57(56-80-68-66(79)64(77)67(60(55-72)82-68)83-69-65(78)63(76)62(75)59(54-71)81-69)70-61(74)53-51-49-47-45-43-41-39-37-35-33-30-26-24-22-20-18-16-14-12-10-8-6-4-2/h16,18,22,24,30,33,57-60,62-69,71-73,75-79H,3-15,17,19-21,23,25-29,31-32,34-56H2,1-2H3,(H,70,74)/b18-16-,24-22-,33-30-. The summed E-state index contributed by atoms with van der Waals surface area (Å²) < 4.78 is 22.9. The molecule has 0 aliphatic carbocycles. The van der Waals surface area contributed by atoms with E-state index < -0.39 is 86.8 Å². The zero-order valence-electron chi connectivity index (χ0n) is 53.0. The largest absolute Gasteiger partial charge is 0.394 e. The minimum Gasteiger partial charge on any atom is -0.394 e. The smallest absolute Gasteiger partial charge is 0.220 e. The predicted octanol–water partition coefficient (Wildman–Crippen LogP) is 13.7. The number of rotatable bonds is 57. The van der Waals surface area contributed by atoms with Crippen molar-refractivity contribution in [1.29, 1.82) is 0 Å². The molecule has 0 spiro atoms. The molecule has 0 saturated carbocycles. The lowest BCUT2D eigenvalue weighted by molar-refractivity contribution is -0.359. The Balaban J connectivity index is 1.69. The molecule has 1 amide bonds. The summed E-state index contributed by atoms with van der Waals surface area (Å²) in [7, 11) is 0. The third-order valence-corrected chi connectivity index (χ3v) is 17.1. The van der Waals surface area contributed by atoms with Crippen molar-refractivity contribution in [2.75, 3.05) is 19.8 Å². The van der Waals surface area contributed by atoms with Crippen molar-refractivity contribution in [1.82, 2.24) is 5.32 Å². The number of carbonyl (C=O) groups is 1. The maximum absolute atomic E-state index is 13.3. The molecule has 2 heterocycles. The van der Waals surface area contributed by atoms with E-state index in [0.29, 0.717) is 19.3 Å². The monoisotopic (exact) mass is 1180 g/mol. The first-order valence-electron chi connectivity index (χ1n) is 34.7. The highest BCUT2D eigenvalue weighted by molar-refractivity contribution is 5.76. The van der Waals surface area contributed by atoms with Gasteiger partial charge in [-0.1, -0.05) is 281 Å². The predicted molar refractivity (Wildman–Crippen MR) is 337 cm³/mol. The summed E-state index contributed by atoms with van der Waals surface area (Å²) in [4.78, 5) is 13.3. The molecule has 488 valence electrons. The van der Waals surface area contributed by atoms with Crippen LogP contribution in [0.15, 0.2) is 36.5 Å². The summed E-state index contributed by atoms with van der Waals surface area (Å²) in [5.41, 5.74) is 0. The number of nitrogens with one attached hydrogen (secondary N) is 1. The van der Waals surface area contributed by atoms with E-state index >= 15 is 0 Å². The Labute approximate surface area is 506 Å². The number of allylic oxidation sites excluding steroid dienone is 6. The average molecular weight is 1180 g/mol. The zero-order valence-corrected chi connectivity index (χ0v) is 53.0. The SMILES string of the molecule is CCCCCCC/C=C\C/C=C\C/C=C\CCCCCCCCCCC(=O)NC(COC1OC(CO)C(OC2OC(CO)C(O)C(O)C2O)C(O)C1O)C(O)CCCCCCCCCCCCCCCCCCCCCCCCCCCC. The summed E-state index contributed by atoms with van der Waals surface area (Å²) in [5.74, 6) is -0.210. The molecule has 0 radical (unpaired) electrons. The lowest BCUT2D eigenvalue weighted by Gasteiger charge is -2.46. The van der Waals surface area contributed by atoms with Crippen molar-refractivity contribution in [2.45, 2.75) is 376 Å². The van der Waals surface area contributed by atoms with Gasteiger partial charge in [-0.25, -0.2) is 0 Å². The van der Waals surface area contributed by atoms with Crippen LogP contribution in [0.25, 0.3) is 0 Å². The van der Waals surface area contributed by atoms with Crippen LogP contribution in [0.3, 0.4) is 0 Å². The van der Waals surface area contributed by atoms with Crippen LogP contribution in [-0.2, 0) is 23.7 Å². The molecule has 2 aliphatic rings. The average Bonchev–Trinajstić information content (AvgIpc) is 3.64. The molecule has 14 nitrogen and oxygen atoms in total. The first-order valence-corrected chi connectivity index (χ1v) is 34.7. The normalized spacial score (nSPS) is 24.0. The molecule has 83 heavy (non-hydrogen) atoms. The molecule has 14 heteroatoms. The van der Waals surface area contributed by atoms with Crippen LogP contribution in [0.4, 0.5) is 0 Å². The second-order valence-electron chi connectivity index (χ2n) is 24.7. The number of unbranched alkanes of at least 4 members (excludes halogenated alkanes) is 38. The molecule has 0 aromatic rings. The van der Waals surface area contributed by atoms with Gasteiger partial charge >= 0.3 is 0 Å². The highest BCUT2D eigenvalue weighted by atomic mass is 16.7. The van der Waals surface area contributed by atoms with Crippen LogP contribution < -0.4 is 5.32 Å². The Morgan fingerprint density at radius 3 is 1.22 bits per heavy atom. The highest BCUT2D eigenvalue weighted by Gasteiger charge is 2.51. The van der Waals surface area contributed by atoms with Crippen molar-refractivity contribution in [3.8, 4) is 0 Å². The second kappa shape index (κ2) is 54.4. The van der Waals surface area contributed by atoms with Gasteiger partial charge in [0, 0.05) is 6.42 Å². The number of hydrogen-bond acceptors (Lipinski definition) is 13. The van der Waals surface area contributed by atoms with Gasteiger partial charge in [-0.15, -0.1) is 0 Å². The Hall–Kier alpha value is -1.79. The van der Waals surface area contributed by atoms with Crippen LogP contribution in [-0.4, -0.2) is 140 Å². The van der Waals surface area contributed by atoms with E-state index in [-0.39, 0.29) is 12.5 Å². The molecule has 2 rings (SSSR count). The highest BCUT2D eigenvalue weighted by Crippen LogP contribution is 2.30. The maximum Gasteiger partial charge on any atom is 0.220 e. The van der Waals surface area contributed by atoms with Crippen LogP contribution in [0.5, 0.6) is 0 Å². The molecule has 0 bridgehead atoms. The van der Waals surface area contributed by atoms with E-state index in [2.05, 4.69) is 55.6 Å². The van der Waals surface area contributed by atoms with Gasteiger partial charge in [0.2, 0.25) is 5.91 Å². The lowest BCUT2D eigenvalue weighted by atomic mass is 9.97. The molecule has 12 atom stereocenters. The Bertz CT molecular complexity index is 1530. The van der Waals surface area contributed by atoms with Gasteiger partial charge < -0.3 is 65.1 Å². The third kappa shape index (κ3) is 39.0. The van der Waals surface area contributed by atoms with E-state index in [1.807, 2.05) is 0 Å². The Morgan fingerprint density at radius 1 is 0.434 bits per heavy atom. The summed E-state index contributed by atoms with van der Waals surface area (Å²) in [6.07, 6.45) is 51.5. The molecule has 0 aromatic carbocycles. The van der Waals surface area contributed by atoms with Crippen LogP contribution in [0.2, 0.25) is 0 Å². The number of hydrogen-bond donors (Lipinski definition) is 9. The van der Waals surface area contributed by atoms with Crippen molar-refractivity contribution in [3.63, 3.8) is 0 Å². The van der Waals surface area contributed by atoms with Crippen LogP contribution in [0, 0.1) is 0 Å². The first kappa shape index (κ1) is 77.3. The molecule has 0 aromatic heterocycles. The van der Waals surface area contributed by atoms with Crippen molar-refractivity contribution in [2.24, 2.45) is 0 Å². The molecule has 2 fully saturated rings. The van der Waals surface area contributed by atoms with E-state index in [4.69, 9.17) is 18.9 Å². The fourth-order valence-corrected chi connectivity index (χ4v) is 11.5. The maximum atomic E-state index is 13.3. The number of ether oxygens (including phenoxy) is 4. The van der Waals surface area contributed by atoms with Gasteiger partial charge in [0.1, 0.15) is 48.8 Å². The van der Waals surface area contributed by atoms with Crippen LogP contribution >= 0.6 is 0 Å². The Kier molecular flexibility index (Phi) is 50.6. The van der Waals surface area contributed by atoms with Gasteiger partial charge in [-0.2, -0.15) is 0 Å². The molecular formula is C69H129NO13. The van der Waals surface area contributed by atoms with Crippen molar-refractivity contribution < 1.29 is 64.6 Å². The summed E-state index contributed by atoms with van der Waals surface area (Å²) in [6.45, 7) is 2.89. The number of carbonyl (C=O) groups excluding carboxylic acids is 1. The summed E-state index contributed by atoms with van der Waals surface area (Å²) in [6, 6.07) is -0.835. The van der Waals surface area contributed by atoms with E-state index in [1.54, 1.807) is 0 Å². The number of aliphatic hydroxyl groups is 8. The fraction of sp³-hybridized carbons (Fsp3) is 0.899. The van der Waals surface area contributed by atoms with E-state index in [0.717, 1.165) is 64.2 Å². The minimum atomic E-state index is -1.78. The van der Waals surface area contributed by atoms with Gasteiger partial charge in [0.25, 0.3) is 0 Å². The summed E-state index contributed by atoms with van der Waals surface area (Å²) >= 11 is 0. The van der Waals surface area contributed by atoms with E-state index in [1.165, 1.54) is 205 Å². The van der Waals surface area contributed by atoms with Gasteiger partial charge in [0.15, 0.2) is 12.6 Å². The first-order chi connectivity index (χ1) is 40.6. The number of amides is 1. The van der Waals surface area contributed by atoms with Gasteiger partial charge in [-0.3, -0.25) is 4.79 Å². The fourth-order valence-electron chi connectivity index (χ4n) is 11.5. The van der Waals surface area contributed by atoms with Gasteiger partial charge in [0.05, 0.1) is 32.0 Å². The molecular weight excluding hydrogens is 1050 g/mol. The summed E-state index contributed by atoms with van der Waals surface area (Å²) in [5, 5.41) is 87.6. The third-order valence-electron chi connectivity index (χ3n) is 17.1. The second-order valence-corrected chi connectivity index (χ2v) is 24.7. The molecule has 2 saturated heterocycles. The zero-order chi connectivity index (χ0) is 60.2. The Morgan fingerprint density at radius 2 is 0.795 bits per heavy atom. The molecule has 12 unspecified atom stereocenters.